The van der Waals surface area contributed by atoms with Crippen LogP contribution in [0.3, 0.4) is 0 Å². The quantitative estimate of drug-likeness (QED) is 0.520. The molecule has 4 heterocycles. The van der Waals surface area contributed by atoms with Gasteiger partial charge in [0.25, 0.3) is 0 Å². The first kappa shape index (κ1) is 16.5. The van der Waals surface area contributed by atoms with Gasteiger partial charge in [0, 0.05) is 13.1 Å². The second-order valence-corrected chi connectivity index (χ2v) is 7.82. The Morgan fingerprint density at radius 1 is 1.26 bits per heavy atom. The van der Waals surface area contributed by atoms with Crippen LogP contribution in [0.2, 0.25) is 0 Å². The molecule has 0 radical (unpaired) electrons. The summed E-state index contributed by atoms with van der Waals surface area (Å²) in [6.07, 6.45) is 2.91. The summed E-state index contributed by atoms with van der Waals surface area (Å²) in [5.41, 5.74) is 2.73. The third-order valence-electron chi connectivity index (χ3n) is 4.87. The normalized spacial score (nSPS) is 17.3. The van der Waals surface area contributed by atoms with Gasteiger partial charge >= 0.3 is 0 Å². The van der Waals surface area contributed by atoms with Gasteiger partial charge in [0.05, 0.1) is 28.2 Å². The van der Waals surface area contributed by atoms with E-state index in [1.165, 1.54) is 0 Å². The third-order valence-corrected chi connectivity index (χ3v) is 5.43. The van der Waals surface area contributed by atoms with Gasteiger partial charge in [0.2, 0.25) is 11.9 Å². The number of anilines is 2. The van der Waals surface area contributed by atoms with Crippen molar-refractivity contribution >= 4 is 44.5 Å². The summed E-state index contributed by atoms with van der Waals surface area (Å²) in [6, 6.07) is 8.00. The van der Waals surface area contributed by atoms with Crippen LogP contribution in [0, 0.1) is 5.92 Å². The molecule has 1 aliphatic heterocycles. The van der Waals surface area contributed by atoms with Crippen molar-refractivity contribution in [3.8, 4) is 0 Å². The van der Waals surface area contributed by atoms with Gasteiger partial charge in [-0.3, -0.25) is 0 Å². The highest BCUT2D eigenvalue weighted by molar-refractivity contribution is 9.10. The van der Waals surface area contributed by atoms with Crippen LogP contribution in [-0.2, 0) is 6.54 Å². The number of hydrogen-bond donors (Lipinski definition) is 2. The molecule has 1 aromatic carbocycles. The van der Waals surface area contributed by atoms with Crippen molar-refractivity contribution in [1.82, 2.24) is 29.5 Å². The molecule has 0 unspecified atom stereocenters. The largest absolute Gasteiger partial charge is 0.347 e. The molecule has 5 rings (SSSR count). The Morgan fingerprint density at radius 3 is 2.96 bits per heavy atom. The zero-order valence-corrected chi connectivity index (χ0v) is 16.4. The molecule has 27 heavy (non-hydrogen) atoms. The summed E-state index contributed by atoms with van der Waals surface area (Å²) < 4.78 is 2.57. The van der Waals surface area contributed by atoms with Crippen molar-refractivity contribution < 1.29 is 0 Å². The van der Waals surface area contributed by atoms with E-state index in [9.17, 15) is 0 Å². The van der Waals surface area contributed by atoms with Crippen LogP contribution in [-0.4, -0.2) is 42.6 Å². The first-order chi connectivity index (χ1) is 13.2. The van der Waals surface area contributed by atoms with Crippen LogP contribution in [0.1, 0.15) is 19.2 Å². The maximum atomic E-state index is 4.74. The van der Waals surface area contributed by atoms with Gasteiger partial charge in [-0.05, 0) is 40.4 Å². The molecule has 1 atom stereocenters. The minimum absolute atomic E-state index is 0.522. The number of para-hydroxylation sites is 2. The summed E-state index contributed by atoms with van der Waals surface area (Å²) in [5.74, 6) is 2.90. The van der Waals surface area contributed by atoms with E-state index < -0.39 is 0 Å². The van der Waals surface area contributed by atoms with E-state index in [1.807, 2.05) is 24.3 Å². The van der Waals surface area contributed by atoms with Crippen LogP contribution < -0.4 is 10.2 Å². The Kier molecular flexibility index (Phi) is 3.96. The fourth-order valence-corrected chi connectivity index (χ4v) is 3.81. The molecule has 9 heteroatoms. The lowest BCUT2D eigenvalue weighted by Gasteiger charge is -2.17. The van der Waals surface area contributed by atoms with Crippen LogP contribution in [0.15, 0.2) is 34.9 Å². The maximum absolute atomic E-state index is 4.74. The van der Waals surface area contributed by atoms with Crippen LogP contribution in [0.5, 0.6) is 0 Å². The zero-order chi connectivity index (χ0) is 18.4. The molecule has 138 valence electrons. The van der Waals surface area contributed by atoms with Crippen LogP contribution in [0.4, 0.5) is 11.9 Å². The summed E-state index contributed by atoms with van der Waals surface area (Å²) in [6.45, 7) is 4.74. The molecule has 3 aromatic heterocycles. The molecule has 0 amide bonds. The number of hydrogen-bond acceptors (Lipinski definition) is 6. The van der Waals surface area contributed by atoms with Crippen molar-refractivity contribution in [2.45, 2.75) is 19.9 Å². The summed E-state index contributed by atoms with van der Waals surface area (Å²) in [4.78, 5) is 19.6. The number of nitrogens with zero attached hydrogens (tertiary/aromatic N) is 6. The van der Waals surface area contributed by atoms with Crippen molar-refractivity contribution in [3.63, 3.8) is 0 Å². The number of nitrogens with one attached hydrogen (secondary N) is 2. The summed E-state index contributed by atoms with van der Waals surface area (Å²) in [5, 5.41) is 7.75. The number of H-pyrrole nitrogens is 1. The molecule has 1 saturated heterocycles. The predicted octanol–water partition coefficient (Wildman–Crippen LogP) is 3.22. The number of aromatic amines is 1. The fraction of sp³-hybridized carbons (Fsp3) is 0.333. The Labute approximate surface area is 164 Å². The van der Waals surface area contributed by atoms with Crippen molar-refractivity contribution in [2.75, 3.05) is 23.3 Å². The number of fused-ring (bicyclic) bond motifs is 2. The SMILES string of the molecule is C[C@H]1CCN(c2nc(NCc3nc4ccccc4[nH]3)n3ncc(Br)c3n2)C1. The molecule has 4 aromatic rings. The van der Waals surface area contributed by atoms with Crippen molar-refractivity contribution in [3.05, 3.63) is 40.8 Å². The van der Waals surface area contributed by atoms with Gasteiger partial charge in [-0.15, -0.1) is 0 Å². The second-order valence-electron chi connectivity index (χ2n) is 6.97. The summed E-state index contributed by atoms with van der Waals surface area (Å²) >= 11 is 3.54. The van der Waals surface area contributed by atoms with E-state index in [0.29, 0.717) is 18.4 Å². The number of benzene rings is 1. The number of aromatic nitrogens is 6. The van der Waals surface area contributed by atoms with E-state index in [1.54, 1.807) is 10.7 Å². The van der Waals surface area contributed by atoms with Crippen LogP contribution in [0.25, 0.3) is 16.7 Å². The summed E-state index contributed by atoms with van der Waals surface area (Å²) in [7, 11) is 0. The average Bonchev–Trinajstić information content (AvgIpc) is 3.38. The van der Waals surface area contributed by atoms with Crippen LogP contribution >= 0.6 is 15.9 Å². The van der Waals surface area contributed by atoms with E-state index >= 15 is 0 Å². The van der Waals surface area contributed by atoms with E-state index in [-0.39, 0.29) is 0 Å². The molecule has 2 N–H and O–H groups in total. The molecule has 0 saturated carbocycles. The first-order valence-corrected chi connectivity index (χ1v) is 9.80. The Morgan fingerprint density at radius 2 is 2.15 bits per heavy atom. The third kappa shape index (κ3) is 3.01. The predicted molar refractivity (Wildman–Crippen MR) is 108 cm³/mol. The first-order valence-electron chi connectivity index (χ1n) is 9.01. The van der Waals surface area contributed by atoms with Crippen molar-refractivity contribution in [1.29, 1.82) is 0 Å². The molecule has 1 fully saturated rings. The molecular formula is C18H19BrN8. The second kappa shape index (κ2) is 6.49. The minimum atomic E-state index is 0.522. The van der Waals surface area contributed by atoms with E-state index in [0.717, 1.165) is 52.4 Å². The molecule has 0 spiro atoms. The molecule has 8 nitrogen and oxygen atoms in total. The minimum Gasteiger partial charge on any atom is -0.347 e. The molecule has 0 bridgehead atoms. The Bertz CT molecular complexity index is 1080. The highest BCUT2D eigenvalue weighted by Gasteiger charge is 2.23. The van der Waals surface area contributed by atoms with Gasteiger partial charge in [0.15, 0.2) is 5.65 Å². The number of imidazole rings is 1. The molecule has 1 aliphatic rings. The Hall–Kier alpha value is -2.68. The lowest BCUT2D eigenvalue weighted by Crippen LogP contribution is -2.23. The number of halogens is 1. The monoisotopic (exact) mass is 426 g/mol. The lowest BCUT2D eigenvalue weighted by molar-refractivity contribution is 0.658. The molecular weight excluding hydrogens is 408 g/mol. The lowest BCUT2D eigenvalue weighted by atomic mass is 10.2. The van der Waals surface area contributed by atoms with Gasteiger partial charge in [-0.2, -0.15) is 19.6 Å². The number of rotatable bonds is 4. The Balaban J connectivity index is 1.47. The fourth-order valence-electron chi connectivity index (χ4n) is 3.46. The molecule has 0 aliphatic carbocycles. The van der Waals surface area contributed by atoms with E-state index in [4.69, 9.17) is 9.97 Å². The maximum Gasteiger partial charge on any atom is 0.230 e. The highest BCUT2D eigenvalue weighted by atomic mass is 79.9. The van der Waals surface area contributed by atoms with Gasteiger partial charge in [0.1, 0.15) is 5.82 Å². The van der Waals surface area contributed by atoms with Crippen molar-refractivity contribution in [2.24, 2.45) is 5.92 Å². The standard InChI is InChI=1S/C18H19BrN8/c1-11-6-7-26(10-11)18-24-16-12(19)8-21-27(16)17(25-18)20-9-15-22-13-4-2-3-5-14(13)23-15/h2-5,8,11H,6-7,9-10H2,1H3,(H,22,23)(H,20,24,25)/t11-/m0/s1. The average molecular weight is 427 g/mol. The van der Waals surface area contributed by atoms with Gasteiger partial charge in [-0.25, -0.2) is 4.98 Å². The topological polar surface area (TPSA) is 87.0 Å². The van der Waals surface area contributed by atoms with Gasteiger partial charge < -0.3 is 15.2 Å². The smallest absolute Gasteiger partial charge is 0.230 e. The zero-order valence-electron chi connectivity index (χ0n) is 14.9. The van der Waals surface area contributed by atoms with E-state index in [2.05, 4.69) is 48.1 Å². The van der Waals surface area contributed by atoms with Gasteiger partial charge in [-0.1, -0.05) is 19.1 Å². The highest BCUT2D eigenvalue weighted by Crippen LogP contribution is 2.25.